The molecule has 1 aliphatic rings. The second-order valence-corrected chi connectivity index (χ2v) is 6.07. The minimum atomic E-state index is -0.225. The Morgan fingerprint density at radius 3 is 2.91 bits per heavy atom. The van der Waals surface area contributed by atoms with E-state index in [0.717, 1.165) is 12.1 Å². The summed E-state index contributed by atoms with van der Waals surface area (Å²) in [6.45, 7) is 2.65. The summed E-state index contributed by atoms with van der Waals surface area (Å²) in [5, 5.41) is 7.43. The van der Waals surface area contributed by atoms with Crippen molar-refractivity contribution in [2.24, 2.45) is 7.05 Å². The van der Waals surface area contributed by atoms with Crippen LogP contribution in [0.2, 0.25) is 0 Å². The summed E-state index contributed by atoms with van der Waals surface area (Å²) < 4.78 is 15.4. The summed E-state index contributed by atoms with van der Waals surface area (Å²) in [7, 11) is 1.83. The van der Waals surface area contributed by atoms with E-state index in [1.165, 1.54) is 6.07 Å². The number of nitrogens with one attached hydrogen (secondary N) is 1. The first-order valence-corrected chi connectivity index (χ1v) is 7.84. The Hall–Kier alpha value is -2.21. The van der Waals surface area contributed by atoms with E-state index in [-0.39, 0.29) is 23.8 Å². The van der Waals surface area contributed by atoms with Gasteiger partial charge in [0.25, 0.3) is 0 Å². The van der Waals surface area contributed by atoms with Gasteiger partial charge in [0.2, 0.25) is 5.91 Å². The number of carbonyl (C=O) groups is 1. The number of anilines is 1. The molecule has 1 aromatic carbocycles. The molecule has 0 radical (unpaired) electrons. The SMILES string of the molecule is CC(Cc1ccccc1F)NC1CCN(c2cnn(C)c2)C1=O. The van der Waals surface area contributed by atoms with Crippen LogP contribution in [0.5, 0.6) is 0 Å². The molecule has 0 spiro atoms. The lowest BCUT2D eigenvalue weighted by atomic mass is 10.1. The maximum absolute atomic E-state index is 13.7. The molecule has 6 heteroatoms. The maximum atomic E-state index is 13.7. The van der Waals surface area contributed by atoms with Crippen molar-refractivity contribution in [2.75, 3.05) is 11.4 Å². The van der Waals surface area contributed by atoms with Crippen LogP contribution in [0.15, 0.2) is 36.7 Å². The number of hydrogen-bond acceptors (Lipinski definition) is 3. The van der Waals surface area contributed by atoms with Gasteiger partial charge in [-0.15, -0.1) is 0 Å². The minimum absolute atomic E-state index is 0.0229. The number of amides is 1. The van der Waals surface area contributed by atoms with Gasteiger partial charge in [-0.2, -0.15) is 5.10 Å². The number of aryl methyl sites for hydroxylation is 1. The van der Waals surface area contributed by atoms with Gasteiger partial charge in [-0.3, -0.25) is 9.48 Å². The van der Waals surface area contributed by atoms with Gasteiger partial charge in [0.15, 0.2) is 0 Å². The lowest BCUT2D eigenvalue weighted by molar-refractivity contribution is -0.119. The first kappa shape index (κ1) is 15.7. The molecule has 0 bridgehead atoms. The van der Waals surface area contributed by atoms with Gasteiger partial charge >= 0.3 is 0 Å². The van der Waals surface area contributed by atoms with Crippen molar-refractivity contribution >= 4 is 11.6 Å². The molecule has 1 saturated heterocycles. The molecule has 1 aliphatic heterocycles. The first-order valence-electron chi connectivity index (χ1n) is 7.84. The van der Waals surface area contributed by atoms with E-state index in [1.807, 2.05) is 26.2 Å². The zero-order valence-electron chi connectivity index (χ0n) is 13.4. The van der Waals surface area contributed by atoms with E-state index in [1.54, 1.807) is 27.9 Å². The van der Waals surface area contributed by atoms with Crippen molar-refractivity contribution in [1.82, 2.24) is 15.1 Å². The normalized spacial score (nSPS) is 19.3. The third-order valence-corrected chi connectivity index (χ3v) is 4.18. The van der Waals surface area contributed by atoms with Crippen molar-refractivity contribution in [3.63, 3.8) is 0 Å². The van der Waals surface area contributed by atoms with Crippen LogP contribution in [0.25, 0.3) is 0 Å². The summed E-state index contributed by atoms with van der Waals surface area (Å²) in [6, 6.07) is 6.56. The van der Waals surface area contributed by atoms with E-state index in [2.05, 4.69) is 10.4 Å². The van der Waals surface area contributed by atoms with Crippen LogP contribution >= 0.6 is 0 Å². The molecule has 23 heavy (non-hydrogen) atoms. The van der Waals surface area contributed by atoms with Crippen molar-refractivity contribution in [3.8, 4) is 0 Å². The highest BCUT2D eigenvalue weighted by Crippen LogP contribution is 2.21. The van der Waals surface area contributed by atoms with E-state index in [4.69, 9.17) is 0 Å². The van der Waals surface area contributed by atoms with Crippen LogP contribution < -0.4 is 10.2 Å². The molecule has 2 heterocycles. The van der Waals surface area contributed by atoms with Crippen LogP contribution in [0.4, 0.5) is 10.1 Å². The summed E-state index contributed by atoms with van der Waals surface area (Å²) in [4.78, 5) is 14.3. The Labute approximate surface area is 135 Å². The number of benzene rings is 1. The van der Waals surface area contributed by atoms with Crippen molar-refractivity contribution in [2.45, 2.75) is 31.8 Å². The molecular weight excluding hydrogens is 295 g/mol. The summed E-state index contributed by atoms with van der Waals surface area (Å²) in [6.07, 6.45) is 4.84. The summed E-state index contributed by atoms with van der Waals surface area (Å²) >= 11 is 0. The highest BCUT2D eigenvalue weighted by Gasteiger charge is 2.33. The van der Waals surface area contributed by atoms with Crippen LogP contribution in [0.1, 0.15) is 18.9 Å². The Morgan fingerprint density at radius 2 is 2.22 bits per heavy atom. The predicted molar refractivity (Wildman–Crippen MR) is 86.7 cm³/mol. The zero-order valence-corrected chi connectivity index (χ0v) is 13.4. The average molecular weight is 316 g/mol. The molecule has 2 unspecified atom stereocenters. The second kappa shape index (κ2) is 6.50. The van der Waals surface area contributed by atoms with E-state index in [9.17, 15) is 9.18 Å². The van der Waals surface area contributed by atoms with E-state index >= 15 is 0 Å². The van der Waals surface area contributed by atoms with Gasteiger partial charge in [-0.05, 0) is 31.4 Å². The molecule has 5 nitrogen and oxygen atoms in total. The smallest absolute Gasteiger partial charge is 0.244 e. The third-order valence-electron chi connectivity index (χ3n) is 4.18. The monoisotopic (exact) mass is 316 g/mol. The van der Waals surface area contributed by atoms with E-state index < -0.39 is 0 Å². The molecule has 1 N–H and O–H groups in total. The topological polar surface area (TPSA) is 50.2 Å². The second-order valence-electron chi connectivity index (χ2n) is 6.07. The maximum Gasteiger partial charge on any atom is 0.244 e. The van der Waals surface area contributed by atoms with Crippen molar-refractivity contribution < 1.29 is 9.18 Å². The van der Waals surface area contributed by atoms with Gasteiger partial charge in [-0.25, -0.2) is 4.39 Å². The van der Waals surface area contributed by atoms with Crippen molar-refractivity contribution in [1.29, 1.82) is 0 Å². The molecule has 1 aromatic heterocycles. The fourth-order valence-electron chi connectivity index (χ4n) is 3.03. The lowest BCUT2D eigenvalue weighted by Gasteiger charge is -2.19. The zero-order chi connectivity index (χ0) is 16.4. The number of rotatable bonds is 5. The molecule has 122 valence electrons. The van der Waals surface area contributed by atoms with Crippen LogP contribution in [0, 0.1) is 5.82 Å². The fourth-order valence-corrected chi connectivity index (χ4v) is 3.03. The minimum Gasteiger partial charge on any atom is -0.308 e. The quantitative estimate of drug-likeness (QED) is 0.916. The third kappa shape index (κ3) is 3.42. The lowest BCUT2D eigenvalue weighted by Crippen LogP contribution is -2.43. The van der Waals surface area contributed by atoms with Crippen LogP contribution in [0.3, 0.4) is 0 Å². The first-order chi connectivity index (χ1) is 11.0. The highest BCUT2D eigenvalue weighted by atomic mass is 19.1. The number of hydrogen-bond donors (Lipinski definition) is 1. The van der Waals surface area contributed by atoms with Gasteiger partial charge in [0, 0.05) is 25.8 Å². The predicted octanol–water partition coefficient (Wildman–Crippen LogP) is 1.89. The number of carbonyl (C=O) groups excluding carboxylic acids is 1. The number of halogens is 1. The van der Waals surface area contributed by atoms with Crippen LogP contribution in [-0.4, -0.2) is 34.3 Å². The molecule has 2 atom stereocenters. The standard InChI is InChI=1S/C17H21FN4O/c1-12(9-13-5-3-4-6-15(13)18)20-16-7-8-22(17(16)23)14-10-19-21(2)11-14/h3-6,10-12,16,20H,7-9H2,1-2H3. The van der Waals surface area contributed by atoms with E-state index in [0.29, 0.717) is 18.5 Å². The molecule has 2 aromatic rings. The summed E-state index contributed by atoms with van der Waals surface area (Å²) in [5.41, 5.74) is 1.49. The Balaban J connectivity index is 1.60. The molecule has 1 fully saturated rings. The Kier molecular flexibility index (Phi) is 4.43. The number of aromatic nitrogens is 2. The molecule has 1 amide bonds. The molecular formula is C17H21FN4O. The molecule has 0 aliphatic carbocycles. The Morgan fingerprint density at radius 1 is 1.43 bits per heavy atom. The van der Waals surface area contributed by atoms with Gasteiger partial charge in [-0.1, -0.05) is 18.2 Å². The van der Waals surface area contributed by atoms with Gasteiger partial charge in [0.05, 0.1) is 17.9 Å². The van der Waals surface area contributed by atoms with Gasteiger partial charge < -0.3 is 10.2 Å². The fraction of sp³-hybridized carbons (Fsp3) is 0.412. The highest BCUT2D eigenvalue weighted by molar-refractivity contribution is 5.99. The summed E-state index contributed by atoms with van der Waals surface area (Å²) in [5.74, 6) is -0.144. The molecule has 0 saturated carbocycles. The Bertz CT molecular complexity index is 699. The molecule has 3 rings (SSSR count). The largest absolute Gasteiger partial charge is 0.308 e. The average Bonchev–Trinajstić information content (AvgIpc) is 3.08. The van der Waals surface area contributed by atoms with Gasteiger partial charge in [0.1, 0.15) is 5.82 Å². The van der Waals surface area contributed by atoms with Crippen molar-refractivity contribution in [3.05, 3.63) is 48.0 Å². The van der Waals surface area contributed by atoms with Crippen LogP contribution in [-0.2, 0) is 18.3 Å². The number of nitrogens with zero attached hydrogens (tertiary/aromatic N) is 3.